The lowest BCUT2D eigenvalue weighted by Gasteiger charge is -2.27. The average molecular weight is 263 g/mol. The van der Waals surface area contributed by atoms with Gasteiger partial charge in [0.2, 0.25) is 5.91 Å². The van der Waals surface area contributed by atoms with Gasteiger partial charge in [0.15, 0.2) is 0 Å². The molecule has 1 unspecified atom stereocenters. The van der Waals surface area contributed by atoms with Gasteiger partial charge in [-0.3, -0.25) is 4.79 Å². The lowest BCUT2D eigenvalue weighted by Crippen LogP contribution is -2.42. The second-order valence-corrected chi connectivity index (χ2v) is 6.10. The maximum atomic E-state index is 12.2. The molecule has 1 atom stereocenters. The molecule has 0 heterocycles. The molecule has 106 valence electrons. The zero-order valence-electron chi connectivity index (χ0n) is 12.6. The van der Waals surface area contributed by atoms with Crippen LogP contribution in [0.2, 0.25) is 0 Å². The summed E-state index contributed by atoms with van der Waals surface area (Å²) < 4.78 is 0. The highest BCUT2D eigenvalue weighted by Gasteiger charge is 2.23. The minimum absolute atomic E-state index is 0.0719. The lowest BCUT2D eigenvalue weighted by molar-refractivity contribution is -0.136. The summed E-state index contributed by atoms with van der Waals surface area (Å²) in [4.78, 5) is 13.8. The first-order valence-corrected chi connectivity index (χ1v) is 6.72. The Morgan fingerprint density at radius 1 is 1.32 bits per heavy atom. The van der Waals surface area contributed by atoms with Crippen molar-refractivity contribution >= 4 is 5.91 Å². The van der Waals surface area contributed by atoms with Crippen LogP contribution >= 0.6 is 0 Å². The number of likely N-dealkylation sites (N-methyl/N-ethyl adjacent to an activating group) is 1. The highest BCUT2D eigenvalue weighted by Crippen LogP contribution is 2.13. The number of aliphatic hydroxyl groups is 1. The molecule has 0 radical (unpaired) electrons. The van der Waals surface area contributed by atoms with E-state index >= 15 is 0 Å². The van der Waals surface area contributed by atoms with Gasteiger partial charge in [-0.05, 0) is 32.8 Å². The van der Waals surface area contributed by atoms with Gasteiger partial charge in [-0.25, -0.2) is 0 Å². The smallest absolute Gasteiger partial charge is 0.225 e. The van der Waals surface area contributed by atoms with Crippen molar-refractivity contribution < 1.29 is 9.90 Å². The molecule has 0 aliphatic rings. The number of nitrogens with zero attached hydrogens (tertiary/aromatic N) is 1. The summed E-state index contributed by atoms with van der Waals surface area (Å²) >= 11 is 0. The fourth-order valence-corrected chi connectivity index (χ4v) is 2.20. The van der Waals surface area contributed by atoms with Crippen LogP contribution in [0.4, 0.5) is 0 Å². The van der Waals surface area contributed by atoms with Gasteiger partial charge < -0.3 is 10.0 Å². The monoisotopic (exact) mass is 263 g/mol. The van der Waals surface area contributed by atoms with E-state index in [1.54, 1.807) is 25.8 Å². The second kappa shape index (κ2) is 6.20. The fraction of sp³-hybridized carbons (Fsp3) is 0.562. The number of amides is 1. The summed E-state index contributed by atoms with van der Waals surface area (Å²) in [6.07, 6.45) is 0.731. The molecule has 0 aliphatic heterocycles. The van der Waals surface area contributed by atoms with E-state index in [1.807, 2.05) is 6.92 Å². The summed E-state index contributed by atoms with van der Waals surface area (Å²) in [7, 11) is 1.74. The SMILES string of the molecule is Cc1ccc(CC(C)C(=O)N(C)CC(C)(C)O)cc1. The van der Waals surface area contributed by atoms with Gasteiger partial charge in [0.25, 0.3) is 0 Å². The first-order valence-electron chi connectivity index (χ1n) is 6.72. The molecular formula is C16H25NO2. The van der Waals surface area contributed by atoms with Gasteiger partial charge >= 0.3 is 0 Å². The highest BCUT2D eigenvalue weighted by molar-refractivity contribution is 5.78. The van der Waals surface area contributed by atoms with E-state index in [9.17, 15) is 9.90 Å². The van der Waals surface area contributed by atoms with Crippen LogP contribution in [-0.2, 0) is 11.2 Å². The van der Waals surface area contributed by atoms with Crippen LogP contribution in [-0.4, -0.2) is 35.1 Å². The maximum Gasteiger partial charge on any atom is 0.225 e. The molecule has 3 nitrogen and oxygen atoms in total. The molecule has 0 fully saturated rings. The van der Waals surface area contributed by atoms with Crippen molar-refractivity contribution in [2.75, 3.05) is 13.6 Å². The molecule has 3 heteroatoms. The molecule has 0 bridgehead atoms. The summed E-state index contributed by atoms with van der Waals surface area (Å²) in [6.45, 7) is 7.76. The Morgan fingerprint density at radius 2 is 1.84 bits per heavy atom. The van der Waals surface area contributed by atoms with Gasteiger partial charge in [-0.2, -0.15) is 0 Å². The quantitative estimate of drug-likeness (QED) is 0.886. The first kappa shape index (κ1) is 15.7. The zero-order valence-corrected chi connectivity index (χ0v) is 12.6. The van der Waals surface area contributed by atoms with Crippen LogP contribution in [0.5, 0.6) is 0 Å². The van der Waals surface area contributed by atoms with Crippen molar-refractivity contribution in [3.63, 3.8) is 0 Å². The third-order valence-corrected chi connectivity index (χ3v) is 3.08. The van der Waals surface area contributed by atoms with E-state index < -0.39 is 5.60 Å². The molecule has 0 saturated heterocycles. The molecule has 1 aromatic rings. The number of aryl methyl sites for hydroxylation is 1. The molecule has 1 rings (SSSR count). The largest absolute Gasteiger partial charge is 0.389 e. The molecule has 0 aliphatic carbocycles. The Balaban J connectivity index is 2.59. The lowest BCUT2D eigenvalue weighted by atomic mass is 9.98. The Labute approximate surface area is 116 Å². The maximum absolute atomic E-state index is 12.2. The van der Waals surface area contributed by atoms with E-state index in [1.165, 1.54) is 11.1 Å². The first-order chi connectivity index (χ1) is 8.69. The molecule has 0 saturated carbocycles. The van der Waals surface area contributed by atoms with Crippen molar-refractivity contribution in [1.29, 1.82) is 0 Å². The van der Waals surface area contributed by atoms with Gasteiger partial charge in [0.05, 0.1) is 5.60 Å². The van der Waals surface area contributed by atoms with E-state index in [0.717, 1.165) is 6.42 Å². The van der Waals surface area contributed by atoms with Crippen LogP contribution in [0.15, 0.2) is 24.3 Å². The number of carbonyl (C=O) groups is 1. The highest BCUT2D eigenvalue weighted by atomic mass is 16.3. The van der Waals surface area contributed by atoms with Gasteiger partial charge in [0.1, 0.15) is 0 Å². The third kappa shape index (κ3) is 5.43. The van der Waals surface area contributed by atoms with Crippen LogP contribution in [0.25, 0.3) is 0 Å². The number of hydrogen-bond acceptors (Lipinski definition) is 2. The van der Waals surface area contributed by atoms with Crippen molar-refractivity contribution in [3.8, 4) is 0 Å². The molecule has 1 aromatic carbocycles. The van der Waals surface area contributed by atoms with E-state index in [-0.39, 0.29) is 11.8 Å². The zero-order chi connectivity index (χ0) is 14.6. The van der Waals surface area contributed by atoms with Crippen LogP contribution < -0.4 is 0 Å². The van der Waals surface area contributed by atoms with Crippen molar-refractivity contribution in [1.82, 2.24) is 4.90 Å². The van der Waals surface area contributed by atoms with E-state index in [2.05, 4.69) is 31.2 Å². The van der Waals surface area contributed by atoms with Crippen LogP contribution in [0.1, 0.15) is 31.9 Å². The summed E-state index contributed by atoms with van der Waals surface area (Å²) in [5, 5.41) is 9.75. The topological polar surface area (TPSA) is 40.5 Å². The number of hydrogen-bond donors (Lipinski definition) is 1. The van der Waals surface area contributed by atoms with Crippen LogP contribution in [0, 0.1) is 12.8 Å². The molecule has 1 amide bonds. The molecule has 19 heavy (non-hydrogen) atoms. The Hall–Kier alpha value is -1.35. The number of benzene rings is 1. The standard InChI is InChI=1S/C16H25NO2/c1-12-6-8-14(9-7-12)10-13(2)15(18)17(5)11-16(3,4)19/h6-9,13,19H,10-11H2,1-5H3. The predicted molar refractivity (Wildman–Crippen MR) is 78.0 cm³/mol. The summed E-state index contributed by atoms with van der Waals surface area (Å²) in [5.74, 6) is -0.00208. The summed E-state index contributed by atoms with van der Waals surface area (Å²) in [5.41, 5.74) is 1.54. The Kier molecular flexibility index (Phi) is 5.12. The molecule has 0 aromatic heterocycles. The second-order valence-electron chi connectivity index (χ2n) is 6.10. The molecule has 0 spiro atoms. The fourth-order valence-electron chi connectivity index (χ4n) is 2.20. The average Bonchev–Trinajstić information content (AvgIpc) is 2.28. The van der Waals surface area contributed by atoms with Gasteiger partial charge in [-0.1, -0.05) is 36.8 Å². The molecule has 1 N–H and O–H groups in total. The number of carbonyl (C=O) groups excluding carboxylic acids is 1. The van der Waals surface area contributed by atoms with Gasteiger partial charge in [0, 0.05) is 19.5 Å². The minimum atomic E-state index is -0.853. The number of rotatable bonds is 5. The van der Waals surface area contributed by atoms with Crippen LogP contribution in [0.3, 0.4) is 0 Å². The van der Waals surface area contributed by atoms with E-state index in [4.69, 9.17) is 0 Å². The van der Waals surface area contributed by atoms with Gasteiger partial charge in [-0.15, -0.1) is 0 Å². The van der Waals surface area contributed by atoms with Crippen molar-refractivity contribution in [3.05, 3.63) is 35.4 Å². The summed E-state index contributed by atoms with van der Waals surface area (Å²) in [6, 6.07) is 8.25. The minimum Gasteiger partial charge on any atom is -0.389 e. The Morgan fingerprint density at radius 3 is 2.32 bits per heavy atom. The molecular weight excluding hydrogens is 238 g/mol. The predicted octanol–water partition coefficient (Wildman–Crippen LogP) is 2.40. The van der Waals surface area contributed by atoms with E-state index in [0.29, 0.717) is 6.54 Å². The normalized spacial score (nSPS) is 13.2. The third-order valence-electron chi connectivity index (χ3n) is 3.08. The van der Waals surface area contributed by atoms with Crippen molar-refractivity contribution in [2.45, 2.75) is 39.7 Å². The Bertz CT molecular complexity index is 417. The van der Waals surface area contributed by atoms with Crippen molar-refractivity contribution in [2.24, 2.45) is 5.92 Å².